The molecule has 1 aliphatic rings. The second-order valence-corrected chi connectivity index (χ2v) is 5.11. The van der Waals surface area contributed by atoms with Crippen molar-refractivity contribution in [2.75, 3.05) is 24.6 Å². The predicted octanol–water partition coefficient (Wildman–Crippen LogP) is 3.17. The van der Waals surface area contributed by atoms with Gasteiger partial charge in [-0.25, -0.2) is 0 Å². The van der Waals surface area contributed by atoms with E-state index in [1.807, 2.05) is 12.1 Å². The molecule has 1 saturated heterocycles. The lowest BCUT2D eigenvalue weighted by molar-refractivity contribution is -0.142. The van der Waals surface area contributed by atoms with E-state index in [9.17, 15) is 4.79 Å². The summed E-state index contributed by atoms with van der Waals surface area (Å²) < 4.78 is 5.17. The third-order valence-electron chi connectivity index (χ3n) is 3.52. The summed E-state index contributed by atoms with van der Waals surface area (Å²) in [5.41, 5.74) is 2.30. The van der Waals surface area contributed by atoms with Gasteiger partial charge in [0, 0.05) is 18.8 Å². The maximum atomic E-state index is 11.6. The van der Waals surface area contributed by atoms with Crippen LogP contribution in [0.1, 0.15) is 38.2 Å². The van der Waals surface area contributed by atoms with Gasteiger partial charge in [-0.15, -0.1) is 0 Å². The number of hydrogen-bond acceptors (Lipinski definition) is 3. The molecule has 19 heavy (non-hydrogen) atoms. The van der Waals surface area contributed by atoms with E-state index in [2.05, 4.69) is 24.0 Å². The van der Waals surface area contributed by atoms with Crippen LogP contribution >= 0.6 is 0 Å². The van der Waals surface area contributed by atoms with Crippen molar-refractivity contribution in [3.63, 3.8) is 0 Å². The van der Waals surface area contributed by atoms with E-state index >= 15 is 0 Å². The normalized spacial score (nSPS) is 14.7. The van der Waals surface area contributed by atoms with Gasteiger partial charge in [0.2, 0.25) is 0 Å². The van der Waals surface area contributed by atoms with Crippen molar-refractivity contribution in [2.45, 2.75) is 39.0 Å². The SMILES string of the molecule is CCCCOC(=O)Cc1ccc(N2CCCC2)cc1. The van der Waals surface area contributed by atoms with Crippen LogP contribution in [-0.4, -0.2) is 25.7 Å². The van der Waals surface area contributed by atoms with E-state index in [0.29, 0.717) is 13.0 Å². The molecule has 0 saturated carbocycles. The minimum Gasteiger partial charge on any atom is -0.465 e. The number of carbonyl (C=O) groups excluding carboxylic acids is 1. The Morgan fingerprint density at radius 2 is 1.89 bits per heavy atom. The molecule has 0 atom stereocenters. The first kappa shape index (κ1) is 13.9. The van der Waals surface area contributed by atoms with Crippen LogP contribution in [-0.2, 0) is 16.0 Å². The number of anilines is 1. The van der Waals surface area contributed by atoms with Gasteiger partial charge in [0.05, 0.1) is 13.0 Å². The van der Waals surface area contributed by atoms with E-state index < -0.39 is 0 Å². The summed E-state index contributed by atoms with van der Waals surface area (Å²) in [6.07, 6.45) is 4.94. The van der Waals surface area contributed by atoms with Gasteiger partial charge in [0.25, 0.3) is 0 Å². The quantitative estimate of drug-likeness (QED) is 0.582. The highest BCUT2D eigenvalue weighted by molar-refractivity contribution is 5.72. The highest BCUT2D eigenvalue weighted by Gasteiger charge is 2.12. The zero-order chi connectivity index (χ0) is 13.5. The molecule has 0 N–H and O–H groups in total. The van der Waals surface area contributed by atoms with Crippen molar-refractivity contribution in [1.29, 1.82) is 0 Å². The van der Waals surface area contributed by atoms with Crippen LogP contribution in [0, 0.1) is 0 Å². The van der Waals surface area contributed by atoms with Gasteiger partial charge >= 0.3 is 5.97 Å². The molecule has 1 aromatic carbocycles. The summed E-state index contributed by atoms with van der Waals surface area (Å²) in [6.45, 7) is 4.93. The third kappa shape index (κ3) is 4.27. The molecule has 0 aliphatic carbocycles. The fraction of sp³-hybridized carbons (Fsp3) is 0.562. The number of esters is 1. The van der Waals surface area contributed by atoms with Gasteiger partial charge in [0.15, 0.2) is 0 Å². The summed E-state index contributed by atoms with van der Waals surface area (Å²) in [5, 5.41) is 0. The van der Waals surface area contributed by atoms with Crippen LogP contribution in [0.25, 0.3) is 0 Å². The molecule has 3 nitrogen and oxygen atoms in total. The Labute approximate surface area is 115 Å². The second kappa shape index (κ2) is 7.17. The van der Waals surface area contributed by atoms with E-state index in [1.165, 1.54) is 18.5 Å². The molecule has 0 spiro atoms. The number of hydrogen-bond donors (Lipinski definition) is 0. The minimum atomic E-state index is -0.123. The van der Waals surface area contributed by atoms with E-state index in [0.717, 1.165) is 31.5 Å². The van der Waals surface area contributed by atoms with Crippen molar-refractivity contribution < 1.29 is 9.53 Å². The third-order valence-corrected chi connectivity index (χ3v) is 3.52. The van der Waals surface area contributed by atoms with Gasteiger partial charge in [0.1, 0.15) is 0 Å². The first-order valence-corrected chi connectivity index (χ1v) is 7.29. The smallest absolute Gasteiger partial charge is 0.310 e. The molecule has 0 unspecified atom stereocenters. The van der Waals surface area contributed by atoms with Crippen LogP contribution in [0.3, 0.4) is 0 Å². The molecule has 1 heterocycles. The molecule has 3 heteroatoms. The lowest BCUT2D eigenvalue weighted by Gasteiger charge is -2.17. The van der Waals surface area contributed by atoms with Crippen LogP contribution < -0.4 is 4.90 Å². The average Bonchev–Trinajstić information content (AvgIpc) is 2.94. The van der Waals surface area contributed by atoms with Crippen molar-refractivity contribution >= 4 is 11.7 Å². The first-order valence-electron chi connectivity index (χ1n) is 7.29. The summed E-state index contributed by atoms with van der Waals surface area (Å²) in [5.74, 6) is -0.123. The van der Waals surface area contributed by atoms with Gasteiger partial charge in [-0.2, -0.15) is 0 Å². The molecule has 2 rings (SSSR count). The molecule has 0 aromatic heterocycles. The number of benzene rings is 1. The van der Waals surface area contributed by atoms with Gasteiger partial charge < -0.3 is 9.64 Å². The highest BCUT2D eigenvalue weighted by Crippen LogP contribution is 2.20. The molecule has 0 amide bonds. The summed E-state index contributed by atoms with van der Waals surface area (Å²) >= 11 is 0. The maximum Gasteiger partial charge on any atom is 0.310 e. The molecule has 1 aliphatic heterocycles. The van der Waals surface area contributed by atoms with E-state index in [1.54, 1.807) is 0 Å². The Morgan fingerprint density at radius 3 is 2.53 bits per heavy atom. The predicted molar refractivity (Wildman–Crippen MR) is 77.5 cm³/mol. The highest BCUT2D eigenvalue weighted by atomic mass is 16.5. The topological polar surface area (TPSA) is 29.5 Å². The molecular weight excluding hydrogens is 238 g/mol. The zero-order valence-electron chi connectivity index (χ0n) is 11.7. The Hall–Kier alpha value is -1.51. The van der Waals surface area contributed by atoms with Crippen LogP contribution in [0.2, 0.25) is 0 Å². The van der Waals surface area contributed by atoms with E-state index in [4.69, 9.17) is 4.74 Å². The Balaban J connectivity index is 1.82. The first-order chi connectivity index (χ1) is 9.29. The van der Waals surface area contributed by atoms with E-state index in [-0.39, 0.29) is 5.97 Å². The molecular formula is C16H23NO2. The summed E-state index contributed by atoms with van der Waals surface area (Å²) in [4.78, 5) is 14.0. The van der Waals surface area contributed by atoms with Gasteiger partial charge in [-0.1, -0.05) is 25.5 Å². The lowest BCUT2D eigenvalue weighted by atomic mass is 10.1. The Morgan fingerprint density at radius 1 is 1.21 bits per heavy atom. The standard InChI is InChI=1S/C16H23NO2/c1-2-3-12-19-16(18)13-14-6-8-15(9-7-14)17-10-4-5-11-17/h6-9H,2-5,10-13H2,1H3. The zero-order valence-corrected chi connectivity index (χ0v) is 11.7. The lowest BCUT2D eigenvalue weighted by Crippen LogP contribution is -2.17. The largest absolute Gasteiger partial charge is 0.465 e. The number of unbranched alkanes of at least 4 members (excludes halogenated alkanes) is 1. The van der Waals surface area contributed by atoms with Crippen molar-refractivity contribution in [3.8, 4) is 0 Å². The molecule has 1 fully saturated rings. The fourth-order valence-electron chi connectivity index (χ4n) is 2.35. The van der Waals surface area contributed by atoms with Crippen LogP contribution in [0.5, 0.6) is 0 Å². The number of nitrogens with zero attached hydrogens (tertiary/aromatic N) is 1. The van der Waals surface area contributed by atoms with Crippen LogP contribution in [0.15, 0.2) is 24.3 Å². The Bertz CT molecular complexity index is 394. The fourth-order valence-corrected chi connectivity index (χ4v) is 2.35. The summed E-state index contributed by atoms with van der Waals surface area (Å²) in [7, 11) is 0. The number of carbonyl (C=O) groups is 1. The molecule has 0 radical (unpaired) electrons. The number of rotatable bonds is 6. The molecule has 104 valence electrons. The molecule has 1 aromatic rings. The second-order valence-electron chi connectivity index (χ2n) is 5.11. The maximum absolute atomic E-state index is 11.6. The van der Waals surface area contributed by atoms with Crippen LogP contribution in [0.4, 0.5) is 5.69 Å². The Kier molecular flexibility index (Phi) is 5.25. The van der Waals surface area contributed by atoms with Crippen molar-refractivity contribution in [2.24, 2.45) is 0 Å². The minimum absolute atomic E-state index is 0.123. The average molecular weight is 261 g/mol. The number of ether oxygens (including phenoxy) is 1. The monoisotopic (exact) mass is 261 g/mol. The van der Waals surface area contributed by atoms with Crippen molar-refractivity contribution in [1.82, 2.24) is 0 Å². The molecule has 0 bridgehead atoms. The van der Waals surface area contributed by atoms with Gasteiger partial charge in [-0.05, 0) is 37.0 Å². The van der Waals surface area contributed by atoms with Gasteiger partial charge in [-0.3, -0.25) is 4.79 Å². The van der Waals surface area contributed by atoms with Crippen molar-refractivity contribution in [3.05, 3.63) is 29.8 Å². The summed E-state index contributed by atoms with van der Waals surface area (Å²) in [6, 6.07) is 8.30.